The summed E-state index contributed by atoms with van der Waals surface area (Å²) in [6.45, 7) is 0.730. The summed E-state index contributed by atoms with van der Waals surface area (Å²) in [4.78, 5) is 24.3. The van der Waals surface area contributed by atoms with Crippen molar-refractivity contribution in [3.8, 4) is 5.75 Å². The summed E-state index contributed by atoms with van der Waals surface area (Å²) >= 11 is 0. The largest absolute Gasteiger partial charge is 0.508 e. The molecule has 5 N–H and O–H groups in total. The van der Waals surface area contributed by atoms with Gasteiger partial charge in [0.05, 0.1) is 5.60 Å². The van der Waals surface area contributed by atoms with Gasteiger partial charge >= 0.3 is 6.03 Å². The lowest BCUT2D eigenvalue weighted by atomic mass is 9.47. The third kappa shape index (κ3) is 1.72. The van der Waals surface area contributed by atoms with Gasteiger partial charge in [0.2, 0.25) is 0 Å². The molecule has 4 unspecified atom stereocenters. The molecular weight excluding hydrogens is 322 g/mol. The number of piperidine rings is 1. The summed E-state index contributed by atoms with van der Waals surface area (Å²) in [5.74, 6) is -0.150. The molecule has 2 heterocycles. The summed E-state index contributed by atoms with van der Waals surface area (Å²) in [6, 6.07) is 4.74. The van der Waals surface area contributed by atoms with Gasteiger partial charge in [-0.2, -0.15) is 0 Å². The Morgan fingerprint density at radius 2 is 2.00 bits per heavy atom. The summed E-state index contributed by atoms with van der Waals surface area (Å²) in [5, 5.41) is 30.4. The molecule has 0 aromatic heterocycles. The SMILES string of the molecule is O=C1NC(=O)C2(CCC3(O)C4Cc5ccc(O)cc5C3(CCN4)C2)N1. The third-order valence-electron chi connectivity index (χ3n) is 6.93. The van der Waals surface area contributed by atoms with E-state index in [1.807, 2.05) is 6.07 Å². The molecule has 7 nitrogen and oxygen atoms in total. The highest BCUT2D eigenvalue weighted by Crippen LogP contribution is 2.59. The minimum absolute atomic E-state index is 0.0872. The molecular formula is C18H21N3O4. The number of urea groups is 1. The van der Waals surface area contributed by atoms with E-state index in [2.05, 4.69) is 16.0 Å². The molecule has 25 heavy (non-hydrogen) atoms. The van der Waals surface area contributed by atoms with Gasteiger partial charge in [-0.25, -0.2) is 4.79 Å². The molecule has 4 aliphatic rings. The Hall–Kier alpha value is -2.12. The summed E-state index contributed by atoms with van der Waals surface area (Å²) in [7, 11) is 0. The Labute approximate surface area is 144 Å². The first kappa shape index (κ1) is 15.2. The Morgan fingerprint density at radius 3 is 2.76 bits per heavy atom. The van der Waals surface area contributed by atoms with Crippen molar-refractivity contribution >= 4 is 11.9 Å². The average molecular weight is 343 g/mol. The topological polar surface area (TPSA) is 111 Å². The Kier molecular flexibility index (Phi) is 2.75. The van der Waals surface area contributed by atoms with E-state index in [1.165, 1.54) is 0 Å². The highest BCUT2D eigenvalue weighted by Gasteiger charge is 2.68. The van der Waals surface area contributed by atoms with E-state index in [-0.39, 0.29) is 17.7 Å². The molecule has 1 aromatic rings. The third-order valence-corrected chi connectivity index (χ3v) is 6.93. The normalized spacial score (nSPS) is 41.7. The zero-order valence-corrected chi connectivity index (χ0v) is 13.8. The number of benzene rings is 1. The first-order valence-electron chi connectivity index (χ1n) is 8.80. The molecule has 7 heteroatoms. The van der Waals surface area contributed by atoms with Gasteiger partial charge in [-0.1, -0.05) is 6.07 Å². The summed E-state index contributed by atoms with van der Waals surface area (Å²) in [5.41, 5.74) is -0.638. The van der Waals surface area contributed by atoms with E-state index in [4.69, 9.17) is 0 Å². The monoisotopic (exact) mass is 343 g/mol. The fourth-order valence-electron chi connectivity index (χ4n) is 5.78. The van der Waals surface area contributed by atoms with Crippen LogP contribution in [0.4, 0.5) is 4.79 Å². The molecule has 3 amide bonds. The van der Waals surface area contributed by atoms with E-state index in [9.17, 15) is 19.8 Å². The lowest BCUT2D eigenvalue weighted by Gasteiger charge is -2.63. The molecule has 1 saturated carbocycles. The molecule has 0 radical (unpaired) electrons. The molecule has 3 fully saturated rings. The van der Waals surface area contributed by atoms with Gasteiger partial charge < -0.3 is 20.8 Å². The van der Waals surface area contributed by atoms with Crippen LogP contribution in [0.25, 0.3) is 0 Å². The number of nitrogens with one attached hydrogen (secondary N) is 3. The van der Waals surface area contributed by atoms with Crippen molar-refractivity contribution in [2.24, 2.45) is 0 Å². The van der Waals surface area contributed by atoms with Crippen molar-refractivity contribution in [2.75, 3.05) is 6.54 Å². The highest BCUT2D eigenvalue weighted by atomic mass is 16.3. The van der Waals surface area contributed by atoms with Crippen LogP contribution < -0.4 is 16.0 Å². The number of imide groups is 1. The van der Waals surface area contributed by atoms with Crippen molar-refractivity contribution in [3.63, 3.8) is 0 Å². The van der Waals surface area contributed by atoms with Crippen LogP contribution in [0.1, 0.15) is 36.8 Å². The van der Waals surface area contributed by atoms with Crippen LogP contribution in [-0.4, -0.2) is 45.9 Å². The van der Waals surface area contributed by atoms with E-state index in [0.717, 1.165) is 17.7 Å². The lowest BCUT2D eigenvalue weighted by Crippen LogP contribution is -2.75. The maximum Gasteiger partial charge on any atom is 0.322 e. The zero-order chi connectivity index (χ0) is 17.4. The standard InChI is InChI=1S/C18H21N3O4/c22-11-2-1-10-7-13-18(25)4-3-17(14(23)20-15(24)21-17)9-16(18,5-6-19-13)12(10)8-11/h1-2,8,13,19,22,25H,3-7,9H2,(H2,20,21,23,24). The quantitative estimate of drug-likeness (QED) is 0.427. The second kappa shape index (κ2) is 4.53. The molecule has 2 aliphatic carbocycles. The number of phenols is 1. The number of hydrogen-bond donors (Lipinski definition) is 5. The van der Waals surface area contributed by atoms with Gasteiger partial charge in [-0.05, 0) is 61.9 Å². The minimum Gasteiger partial charge on any atom is -0.508 e. The number of fused-ring (bicyclic) bond motifs is 1. The molecule has 4 atom stereocenters. The fourth-order valence-corrected chi connectivity index (χ4v) is 5.78. The Balaban J connectivity index is 1.71. The Bertz CT molecular complexity index is 812. The van der Waals surface area contributed by atoms with Gasteiger partial charge in [0.15, 0.2) is 0 Å². The molecule has 2 aliphatic heterocycles. The molecule has 2 bridgehead atoms. The predicted octanol–water partition coefficient (Wildman–Crippen LogP) is 0.0412. The Morgan fingerprint density at radius 1 is 1.16 bits per heavy atom. The number of carbonyl (C=O) groups excluding carboxylic acids is 2. The van der Waals surface area contributed by atoms with E-state index in [0.29, 0.717) is 32.1 Å². The van der Waals surface area contributed by atoms with Crippen LogP contribution in [0.2, 0.25) is 0 Å². The van der Waals surface area contributed by atoms with Gasteiger partial charge in [-0.3, -0.25) is 10.1 Å². The van der Waals surface area contributed by atoms with Crippen LogP contribution in [-0.2, 0) is 16.6 Å². The highest BCUT2D eigenvalue weighted by molar-refractivity contribution is 6.07. The predicted molar refractivity (Wildman–Crippen MR) is 88.1 cm³/mol. The smallest absolute Gasteiger partial charge is 0.322 e. The number of hydrogen-bond acceptors (Lipinski definition) is 5. The van der Waals surface area contributed by atoms with Crippen LogP contribution in [0.3, 0.4) is 0 Å². The molecule has 5 rings (SSSR count). The fraction of sp³-hybridized carbons (Fsp3) is 0.556. The minimum atomic E-state index is -0.995. The van der Waals surface area contributed by atoms with Crippen LogP contribution >= 0.6 is 0 Å². The van der Waals surface area contributed by atoms with Crippen molar-refractivity contribution in [1.29, 1.82) is 0 Å². The van der Waals surface area contributed by atoms with Crippen molar-refractivity contribution in [3.05, 3.63) is 29.3 Å². The van der Waals surface area contributed by atoms with Crippen LogP contribution in [0.5, 0.6) is 5.75 Å². The van der Waals surface area contributed by atoms with Gasteiger partial charge in [-0.15, -0.1) is 0 Å². The van der Waals surface area contributed by atoms with Gasteiger partial charge in [0, 0.05) is 11.5 Å². The maximum absolute atomic E-state index is 12.5. The number of aliphatic hydroxyl groups is 1. The summed E-state index contributed by atoms with van der Waals surface area (Å²) in [6.07, 6.45) is 2.53. The molecule has 1 aromatic carbocycles. The van der Waals surface area contributed by atoms with Gasteiger partial charge in [0.1, 0.15) is 11.3 Å². The van der Waals surface area contributed by atoms with Gasteiger partial charge in [0.25, 0.3) is 5.91 Å². The number of amides is 3. The van der Waals surface area contributed by atoms with E-state index < -0.39 is 22.6 Å². The second-order valence-corrected chi connectivity index (χ2v) is 7.98. The zero-order valence-electron chi connectivity index (χ0n) is 13.8. The van der Waals surface area contributed by atoms with E-state index >= 15 is 0 Å². The summed E-state index contributed by atoms with van der Waals surface area (Å²) < 4.78 is 0. The lowest BCUT2D eigenvalue weighted by molar-refractivity contribution is -0.151. The number of aromatic hydroxyl groups is 1. The second-order valence-electron chi connectivity index (χ2n) is 7.98. The van der Waals surface area contributed by atoms with E-state index in [1.54, 1.807) is 12.1 Å². The number of carbonyl (C=O) groups is 2. The molecule has 132 valence electrons. The molecule has 1 spiro atoms. The average Bonchev–Trinajstić information content (AvgIpc) is 2.82. The number of rotatable bonds is 0. The maximum atomic E-state index is 12.5. The molecule has 2 saturated heterocycles. The number of phenolic OH excluding ortho intramolecular Hbond substituents is 1. The van der Waals surface area contributed by atoms with Crippen LogP contribution in [0, 0.1) is 0 Å². The van der Waals surface area contributed by atoms with Crippen molar-refractivity contribution in [1.82, 2.24) is 16.0 Å². The first-order chi connectivity index (χ1) is 11.9. The first-order valence-corrected chi connectivity index (χ1v) is 8.80. The van der Waals surface area contributed by atoms with Crippen molar-refractivity contribution < 1.29 is 19.8 Å². The van der Waals surface area contributed by atoms with Crippen molar-refractivity contribution in [2.45, 2.75) is 54.7 Å². The van der Waals surface area contributed by atoms with Crippen LogP contribution in [0.15, 0.2) is 18.2 Å².